The van der Waals surface area contributed by atoms with Crippen LogP contribution in [0.5, 0.6) is 11.5 Å². The first kappa shape index (κ1) is 48.5. The summed E-state index contributed by atoms with van der Waals surface area (Å²) in [6, 6.07) is 60.3. The molecule has 0 amide bonds. The molecule has 0 N–H and O–H groups in total. The average Bonchev–Trinajstić information content (AvgIpc) is 3.88. The van der Waals surface area contributed by atoms with E-state index in [1.54, 1.807) is 0 Å². The Bertz CT molecular complexity index is 3480. The lowest BCUT2D eigenvalue weighted by Crippen LogP contribution is -2.25. The van der Waals surface area contributed by atoms with Gasteiger partial charge in [0.15, 0.2) is 0 Å². The molecule has 0 unspecified atom stereocenters. The van der Waals surface area contributed by atoms with E-state index in [0.29, 0.717) is 6.67 Å². The van der Waals surface area contributed by atoms with Gasteiger partial charge in [-0.2, -0.15) is 0 Å². The van der Waals surface area contributed by atoms with E-state index in [1.807, 2.05) is 6.20 Å². The van der Waals surface area contributed by atoms with Gasteiger partial charge in [0.25, 0.3) is 0 Å². The van der Waals surface area contributed by atoms with Crippen LogP contribution in [0.3, 0.4) is 0 Å². The van der Waals surface area contributed by atoms with E-state index in [4.69, 9.17) is 9.72 Å². The molecular weight excluding hydrogens is 877 g/mol. The molecule has 10 rings (SSSR count). The van der Waals surface area contributed by atoms with Crippen molar-refractivity contribution >= 4 is 44.6 Å². The summed E-state index contributed by atoms with van der Waals surface area (Å²) in [5.74, 6) is 2.44. The smallest absolute Gasteiger partial charge is 0.137 e. The molecule has 366 valence electrons. The zero-order valence-corrected chi connectivity index (χ0v) is 45.1. The number of ether oxygens (including phenoxy) is 1. The van der Waals surface area contributed by atoms with Gasteiger partial charge in [0.1, 0.15) is 24.0 Å². The van der Waals surface area contributed by atoms with E-state index in [-0.39, 0.29) is 27.1 Å². The molecule has 2 aromatic heterocycles. The summed E-state index contributed by atoms with van der Waals surface area (Å²) in [5.41, 5.74) is 16.3. The third-order valence-corrected chi connectivity index (χ3v) is 14.9. The first-order valence-electron chi connectivity index (χ1n) is 25.8. The SMILES string of the molecule is CC(C)(C)c1cc(-c2ccccc2)cc(N2CN(c3cc(Oc4ccc5c6ccccc6n(-c6cc(C(C)(C)C)ccn6)c5c4)cc(C(C)(C)c4ccccc4)c3)c3cc(C(C)(C)C)c(C(C)(C)C)cc32)c1. The number of nitrogens with zero attached hydrogens (tertiary/aromatic N) is 4. The Morgan fingerprint density at radius 1 is 0.403 bits per heavy atom. The average molecular weight is 949 g/mol. The predicted octanol–water partition coefficient (Wildman–Crippen LogP) is 18.4. The van der Waals surface area contributed by atoms with Gasteiger partial charge in [-0.25, -0.2) is 4.98 Å². The maximum atomic E-state index is 7.21. The predicted molar refractivity (Wildman–Crippen MR) is 306 cm³/mol. The van der Waals surface area contributed by atoms with Crippen LogP contribution >= 0.6 is 0 Å². The monoisotopic (exact) mass is 949 g/mol. The molecule has 1 aliphatic heterocycles. The summed E-state index contributed by atoms with van der Waals surface area (Å²) in [6.45, 7) is 33.1. The molecule has 5 nitrogen and oxygen atoms in total. The molecule has 3 heterocycles. The van der Waals surface area contributed by atoms with Crippen molar-refractivity contribution in [2.24, 2.45) is 0 Å². The Labute approximate surface area is 429 Å². The van der Waals surface area contributed by atoms with Crippen LogP contribution in [0.15, 0.2) is 170 Å². The van der Waals surface area contributed by atoms with Crippen molar-refractivity contribution in [3.63, 3.8) is 0 Å². The minimum atomic E-state index is -0.351. The third-order valence-electron chi connectivity index (χ3n) is 14.9. The molecule has 72 heavy (non-hydrogen) atoms. The second-order valence-corrected chi connectivity index (χ2v) is 24.8. The molecule has 1 aliphatic rings. The number of hydrogen-bond acceptors (Lipinski definition) is 4. The molecule has 0 aliphatic carbocycles. The van der Waals surface area contributed by atoms with Crippen LogP contribution in [0.2, 0.25) is 0 Å². The molecule has 0 saturated carbocycles. The van der Waals surface area contributed by atoms with Crippen molar-refractivity contribution in [3.05, 3.63) is 203 Å². The molecule has 0 atom stereocenters. The lowest BCUT2D eigenvalue weighted by molar-refractivity contribution is 0.480. The first-order chi connectivity index (χ1) is 33.9. The zero-order chi connectivity index (χ0) is 51.1. The van der Waals surface area contributed by atoms with Crippen LogP contribution in [0, 0.1) is 0 Å². The number of pyridine rings is 1. The largest absolute Gasteiger partial charge is 0.457 e. The minimum absolute atomic E-state index is 0.0292. The van der Waals surface area contributed by atoms with Crippen molar-refractivity contribution in [3.8, 4) is 28.4 Å². The second-order valence-electron chi connectivity index (χ2n) is 24.8. The summed E-state index contributed by atoms with van der Waals surface area (Å²) in [6.07, 6.45) is 1.94. The molecule has 9 aromatic rings. The fourth-order valence-electron chi connectivity index (χ4n) is 10.6. The summed E-state index contributed by atoms with van der Waals surface area (Å²) in [7, 11) is 0. The fraction of sp³-hybridized carbons (Fsp3) is 0.299. The van der Waals surface area contributed by atoms with Gasteiger partial charge in [-0.3, -0.25) is 4.57 Å². The third kappa shape index (κ3) is 9.08. The number of para-hydroxylation sites is 1. The molecule has 0 fully saturated rings. The van der Waals surface area contributed by atoms with Crippen molar-refractivity contribution in [2.75, 3.05) is 16.5 Å². The molecule has 0 saturated heterocycles. The number of rotatable bonds is 8. The summed E-state index contributed by atoms with van der Waals surface area (Å²) in [4.78, 5) is 10.0. The molecule has 0 radical (unpaired) electrons. The van der Waals surface area contributed by atoms with Gasteiger partial charge in [0, 0.05) is 45.9 Å². The Hall–Kier alpha value is -7.11. The van der Waals surface area contributed by atoms with Crippen LogP contribution in [-0.4, -0.2) is 16.2 Å². The number of aromatic nitrogens is 2. The van der Waals surface area contributed by atoms with Crippen LogP contribution in [0.4, 0.5) is 22.7 Å². The summed E-state index contributed by atoms with van der Waals surface area (Å²) < 4.78 is 9.50. The van der Waals surface area contributed by atoms with Gasteiger partial charge < -0.3 is 14.5 Å². The standard InChI is InChI=1S/C67H72N4O/c1-63(2,3)47-31-32-68-62(38-47)71-58-28-22-21-27-54(58)55-30-29-52(40-59(55)71)72-53-37-49(67(13,14)46-25-19-16-20-26-46)36-51(39-53)70-43-69(60-41-56(65(7,8)9)57(42-61(60)70)66(10,11)12)50-34-45(44-23-17-15-18-24-44)33-48(35-50)64(4,5)6/h15-42H,43H2,1-14H3. The number of hydrogen-bond donors (Lipinski definition) is 0. The topological polar surface area (TPSA) is 33.5 Å². The maximum Gasteiger partial charge on any atom is 0.137 e. The molecule has 0 bridgehead atoms. The van der Waals surface area contributed by atoms with Gasteiger partial charge in [-0.15, -0.1) is 0 Å². The first-order valence-corrected chi connectivity index (χ1v) is 25.8. The van der Waals surface area contributed by atoms with E-state index in [2.05, 4.69) is 275 Å². The zero-order valence-electron chi connectivity index (χ0n) is 45.1. The van der Waals surface area contributed by atoms with Crippen molar-refractivity contribution < 1.29 is 4.74 Å². The molecular formula is C67H72N4O. The summed E-state index contributed by atoms with van der Waals surface area (Å²) >= 11 is 0. The van der Waals surface area contributed by atoms with Crippen LogP contribution < -0.4 is 14.5 Å². The quantitative estimate of drug-likeness (QED) is 0.152. The minimum Gasteiger partial charge on any atom is -0.457 e. The highest BCUT2D eigenvalue weighted by atomic mass is 16.5. The van der Waals surface area contributed by atoms with Crippen molar-refractivity contribution in [2.45, 2.75) is 124 Å². The van der Waals surface area contributed by atoms with E-state index in [0.717, 1.165) is 39.4 Å². The normalized spacial score (nSPS) is 13.6. The van der Waals surface area contributed by atoms with E-state index in [1.165, 1.54) is 67.0 Å². The van der Waals surface area contributed by atoms with Gasteiger partial charge in [0.2, 0.25) is 0 Å². The molecule has 0 spiro atoms. The van der Waals surface area contributed by atoms with Gasteiger partial charge >= 0.3 is 0 Å². The molecule has 7 aromatic carbocycles. The van der Waals surface area contributed by atoms with Crippen molar-refractivity contribution in [1.82, 2.24) is 9.55 Å². The Morgan fingerprint density at radius 2 is 0.972 bits per heavy atom. The second kappa shape index (κ2) is 17.6. The number of benzene rings is 7. The Morgan fingerprint density at radius 3 is 1.60 bits per heavy atom. The van der Waals surface area contributed by atoms with Crippen LogP contribution in [-0.2, 0) is 27.1 Å². The van der Waals surface area contributed by atoms with Crippen LogP contribution in [0.25, 0.3) is 38.8 Å². The highest BCUT2D eigenvalue weighted by molar-refractivity contribution is 6.09. The van der Waals surface area contributed by atoms with Gasteiger partial charge in [-0.1, -0.05) is 182 Å². The maximum absolute atomic E-state index is 7.21. The van der Waals surface area contributed by atoms with Crippen LogP contribution in [0.1, 0.15) is 130 Å². The van der Waals surface area contributed by atoms with Gasteiger partial charge in [-0.05, 0) is 133 Å². The number of fused-ring (bicyclic) bond motifs is 4. The lowest BCUT2D eigenvalue weighted by Gasteiger charge is -2.32. The summed E-state index contributed by atoms with van der Waals surface area (Å²) in [5, 5.41) is 2.34. The van der Waals surface area contributed by atoms with E-state index in [9.17, 15) is 0 Å². The van der Waals surface area contributed by atoms with Crippen molar-refractivity contribution in [1.29, 1.82) is 0 Å². The lowest BCUT2D eigenvalue weighted by atomic mass is 9.74. The fourth-order valence-corrected chi connectivity index (χ4v) is 10.6. The highest BCUT2D eigenvalue weighted by Crippen LogP contribution is 2.52. The van der Waals surface area contributed by atoms with E-state index < -0.39 is 0 Å². The highest BCUT2D eigenvalue weighted by Gasteiger charge is 2.36. The Balaban J connectivity index is 1.17. The number of anilines is 4. The molecule has 5 heteroatoms. The van der Waals surface area contributed by atoms with E-state index >= 15 is 0 Å². The van der Waals surface area contributed by atoms with Gasteiger partial charge in [0.05, 0.1) is 22.4 Å². The Kier molecular flexibility index (Phi) is 11.8.